The van der Waals surface area contributed by atoms with Gasteiger partial charge in [0.15, 0.2) is 0 Å². The Morgan fingerprint density at radius 3 is 2.81 bits per heavy atom. The van der Waals surface area contributed by atoms with Gasteiger partial charge in [-0.15, -0.1) is 0 Å². The van der Waals surface area contributed by atoms with Crippen molar-refractivity contribution < 1.29 is 9.32 Å². The summed E-state index contributed by atoms with van der Waals surface area (Å²) in [5, 5.41) is 7.79. The summed E-state index contributed by atoms with van der Waals surface area (Å²) < 4.78 is 5.32. The van der Waals surface area contributed by atoms with Gasteiger partial charge in [-0.1, -0.05) is 59.2 Å². The molecule has 0 radical (unpaired) electrons. The van der Waals surface area contributed by atoms with Crippen LogP contribution >= 0.6 is 11.6 Å². The fraction of sp³-hybridized carbons (Fsp3) is 0.238. The number of nitrogens with zero attached hydrogens (tertiary/aromatic N) is 1. The van der Waals surface area contributed by atoms with E-state index in [1.807, 2.05) is 30.3 Å². The summed E-state index contributed by atoms with van der Waals surface area (Å²) in [4.78, 5) is 13.1. The highest BCUT2D eigenvalue weighted by Crippen LogP contribution is 2.33. The van der Waals surface area contributed by atoms with Crippen LogP contribution < -0.4 is 5.32 Å². The molecule has 1 N–H and O–H groups in total. The van der Waals surface area contributed by atoms with Crippen molar-refractivity contribution >= 4 is 17.5 Å². The van der Waals surface area contributed by atoms with E-state index in [0.29, 0.717) is 27.6 Å². The number of aromatic nitrogens is 1. The van der Waals surface area contributed by atoms with E-state index in [1.54, 1.807) is 13.0 Å². The lowest BCUT2D eigenvalue weighted by molar-refractivity contribution is 0.0932. The highest BCUT2D eigenvalue weighted by atomic mass is 35.5. The van der Waals surface area contributed by atoms with Crippen molar-refractivity contribution in [3.63, 3.8) is 0 Å². The minimum atomic E-state index is -0.180. The number of hydrogen-bond acceptors (Lipinski definition) is 3. The molecule has 4 nitrogen and oxygen atoms in total. The maximum Gasteiger partial charge on any atom is 0.257 e. The van der Waals surface area contributed by atoms with Gasteiger partial charge in [0.05, 0.1) is 11.1 Å². The van der Waals surface area contributed by atoms with Crippen LogP contribution in [0.15, 0.2) is 53.1 Å². The van der Waals surface area contributed by atoms with Crippen LogP contribution in [0.25, 0.3) is 11.3 Å². The molecule has 0 unspecified atom stereocenters. The van der Waals surface area contributed by atoms with Gasteiger partial charge in [-0.3, -0.25) is 4.79 Å². The number of hydrogen-bond donors (Lipinski definition) is 1. The molecule has 1 aliphatic carbocycles. The first-order valence-corrected chi connectivity index (χ1v) is 9.13. The van der Waals surface area contributed by atoms with Gasteiger partial charge in [-0.25, -0.2) is 0 Å². The third-order valence-corrected chi connectivity index (χ3v) is 5.22. The summed E-state index contributed by atoms with van der Waals surface area (Å²) in [6, 6.07) is 15.6. The zero-order valence-electron chi connectivity index (χ0n) is 14.5. The van der Waals surface area contributed by atoms with E-state index in [1.165, 1.54) is 11.1 Å². The Morgan fingerprint density at radius 2 is 1.96 bits per heavy atom. The second kappa shape index (κ2) is 6.96. The molecule has 0 spiro atoms. The van der Waals surface area contributed by atoms with Crippen LogP contribution in [0.3, 0.4) is 0 Å². The van der Waals surface area contributed by atoms with Crippen LogP contribution in [-0.2, 0) is 6.42 Å². The number of benzene rings is 2. The van der Waals surface area contributed by atoms with Crippen LogP contribution in [0.2, 0.25) is 5.02 Å². The average Bonchev–Trinajstić information content (AvgIpc) is 3.04. The number of halogens is 1. The summed E-state index contributed by atoms with van der Waals surface area (Å²) in [6.07, 6.45) is 3.04. The molecule has 0 saturated heterocycles. The highest BCUT2D eigenvalue weighted by Gasteiger charge is 2.27. The van der Waals surface area contributed by atoms with Crippen molar-refractivity contribution in [2.75, 3.05) is 0 Å². The molecule has 0 bridgehead atoms. The van der Waals surface area contributed by atoms with Gasteiger partial charge < -0.3 is 9.84 Å². The SMILES string of the molecule is Cc1onc(-c2ccccc2Cl)c1C(=O)N[C@@H]1CCCc2ccccc21. The van der Waals surface area contributed by atoms with Gasteiger partial charge in [0, 0.05) is 5.56 Å². The second-order valence-corrected chi connectivity index (χ2v) is 6.97. The molecule has 26 heavy (non-hydrogen) atoms. The normalized spacial score (nSPS) is 16.2. The van der Waals surface area contributed by atoms with Crippen LogP contribution in [0.1, 0.15) is 46.1 Å². The molecular weight excluding hydrogens is 348 g/mol. The van der Waals surface area contributed by atoms with Crippen molar-refractivity contribution in [1.29, 1.82) is 0 Å². The molecule has 132 valence electrons. The quantitative estimate of drug-likeness (QED) is 0.700. The zero-order chi connectivity index (χ0) is 18.1. The summed E-state index contributed by atoms with van der Waals surface area (Å²) in [5.74, 6) is 0.307. The molecule has 4 rings (SSSR count). The Bertz CT molecular complexity index is 964. The standard InChI is InChI=1S/C21H19ClN2O2/c1-13-19(20(24-26-13)16-10-4-5-11-17(16)22)21(25)23-18-12-6-8-14-7-2-3-9-15(14)18/h2-5,7,9-11,18H,6,8,12H2,1H3,(H,23,25)/t18-/m1/s1. The fourth-order valence-corrected chi connectivity index (χ4v) is 3.84. The van der Waals surface area contributed by atoms with Crippen molar-refractivity contribution in [3.8, 4) is 11.3 Å². The third-order valence-electron chi connectivity index (χ3n) is 4.89. The number of nitrogens with one attached hydrogen (secondary N) is 1. The Kier molecular flexibility index (Phi) is 4.51. The number of aryl methyl sites for hydroxylation is 2. The number of carbonyl (C=O) groups excluding carboxylic acids is 1. The molecule has 2 aromatic carbocycles. The predicted molar refractivity (Wildman–Crippen MR) is 101 cm³/mol. The molecule has 0 fully saturated rings. The minimum Gasteiger partial charge on any atom is -0.360 e. The highest BCUT2D eigenvalue weighted by molar-refractivity contribution is 6.33. The fourth-order valence-electron chi connectivity index (χ4n) is 3.61. The smallest absolute Gasteiger partial charge is 0.257 e. The Balaban J connectivity index is 1.67. The van der Waals surface area contributed by atoms with Crippen LogP contribution in [-0.4, -0.2) is 11.1 Å². The van der Waals surface area contributed by atoms with E-state index in [-0.39, 0.29) is 11.9 Å². The summed E-state index contributed by atoms with van der Waals surface area (Å²) in [6.45, 7) is 1.75. The lowest BCUT2D eigenvalue weighted by atomic mass is 9.87. The first-order chi connectivity index (χ1) is 12.6. The molecule has 1 aromatic heterocycles. The average molecular weight is 367 g/mol. The van der Waals surface area contributed by atoms with E-state index in [4.69, 9.17) is 16.1 Å². The summed E-state index contributed by atoms with van der Waals surface area (Å²) in [5.41, 5.74) is 4.12. The van der Waals surface area contributed by atoms with Gasteiger partial charge >= 0.3 is 0 Å². The number of rotatable bonds is 3. The number of carbonyl (C=O) groups is 1. The number of amides is 1. The molecular formula is C21H19ClN2O2. The molecule has 5 heteroatoms. The van der Waals surface area contributed by atoms with E-state index >= 15 is 0 Å². The molecule has 0 aliphatic heterocycles. The van der Waals surface area contributed by atoms with Gasteiger partial charge in [-0.05, 0) is 43.4 Å². The monoisotopic (exact) mass is 366 g/mol. The van der Waals surface area contributed by atoms with Crippen molar-refractivity contribution in [1.82, 2.24) is 10.5 Å². The molecule has 1 aliphatic rings. The van der Waals surface area contributed by atoms with Crippen LogP contribution in [0.4, 0.5) is 0 Å². The molecule has 0 saturated carbocycles. The van der Waals surface area contributed by atoms with Crippen molar-refractivity contribution in [3.05, 3.63) is 76.0 Å². The largest absolute Gasteiger partial charge is 0.360 e. The molecule has 1 amide bonds. The molecule has 1 heterocycles. The molecule has 1 atom stereocenters. The number of fused-ring (bicyclic) bond motifs is 1. The maximum absolute atomic E-state index is 13.1. The second-order valence-electron chi connectivity index (χ2n) is 6.56. The van der Waals surface area contributed by atoms with Crippen LogP contribution in [0.5, 0.6) is 0 Å². The van der Waals surface area contributed by atoms with Crippen molar-refractivity contribution in [2.24, 2.45) is 0 Å². The first kappa shape index (κ1) is 16.9. The third kappa shape index (κ3) is 3.01. The summed E-state index contributed by atoms with van der Waals surface area (Å²) in [7, 11) is 0. The summed E-state index contributed by atoms with van der Waals surface area (Å²) >= 11 is 6.29. The van der Waals surface area contributed by atoms with E-state index in [0.717, 1.165) is 19.3 Å². The van der Waals surface area contributed by atoms with Gasteiger partial charge in [0.1, 0.15) is 17.0 Å². The topological polar surface area (TPSA) is 55.1 Å². The lowest BCUT2D eigenvalue weighted by Gasteiger charge is -2.26. The van der Waals surface area contributed by atoms with Gasteiger partial charge in [0.2, 0.25) is 0 Å². The zero-order valence-corrected chi connectivity index (χ0v) is 15.2. The van der Waals surface area contributed by atoms with E-state index in [9.17, 15) is 4.79 Å². The van der Waals surface area contributed by atoms with E-state index in [2.05, 4.69) is 22.6 Å². The maximum atomic E-state index is 13.1. The van der Waals surface area contributed by atoms with Crippen molar-refractivity contribution in [2.45, 2.75) is 32.2 Å². The van der Waals surface area contributed by atoms with Gasteiger partial charge in [0.25, 0.3) is 5.91 Å². The predicted octanol–water partition coefficient (Wildman–Crippen LogP) is 5.11. The molecule has 3 aromatic rings. The Hall–Kier alpha value is -2.59. The van der Waals surface area contributed by atoms with Gasteiger partial charge in [-0.2, -0.15) is 0 Å². The Labute approximate surface area is 157 Å². The van der Waals surface area contributed by atoms with E-state index < -0.39 is 0 Å². The lowest BCUT2D eigenvalue weighted by Crippen LogP contribution is -2.31. The van der Waals surface area contributed by atoms with Crippen LogP contribution in [0, 0.1) is 6.92 Å². The minimum absolute atomic E-state index is 0.000783. The Morgan fingerprint density at radius 1 is 1.19 bits per heavy atom. The first-order valence-electron chi connectivity index (χ1n) is 8.75.